The van der Waals surface area contributed by atoms with Crippen molar-refractivity contribution < 1.29 is 9.90 Å². The minimum atomic E-state index is -0.948. The molecular formula is C13H22N4O2. The number of amides is 1. The minimum absolute atomic E-state index is 0.0508. The lowest BCUT2D eigenvalue weighted by Crippen LogP contribution is -2.50. The number of hydrogen-bond acceptors (Lipinski definition) is 4. The lowest BCUT2D eigenvalue weighted by atomic mass is 9.89. The number of nitrogens with zero attached hydrogens (tertiary/aromatic N) is 3. The standard InChI is InChI=1S/C13H22N4O2/c1-16-10-15-8-11(16)3-6-17-5-2-4-13(19,9-17)7-12(14)18/h8,10,19H,2-7,9H2,1H3,(H2,14,18). The van der Waals surface area contributed by atoms with E-state index in [0.717, 1.165) is 25.9 Å². The molecule has 1 amide bonds. The van der Waals surface area contributed by atoms with Gasteiger partial charge in [-0.05, 0) is 19.4 Å². The summed E-state index contributed by atoms with van der Waals surface area (Å²) < 4.78 is 2.00. The van der Waals surface area contributed by atoms with Crippen molar-refractivity contribution in [1.29, 1.82) is 0 Å². The Bertz CT molecular complexity index is 446. The van der Waals surface area contributed by atoms with Crippen LogP contribution in [0.4, 0.5) is 0 Å². The van der Waals surface area contributed by atoms with E-state index in [9.17, 15) is 9.90 Å². The van der Waals surface area contributed by atoms with Crippen molar-refractivity contribution in [2.75, 3.05) is 19.6 Å². The Morgan fingerprint density at radius 3 is 3.05 bits per heavy atom. The lowest BCUT2D eigenvalue weighted by Gasteiger charge is -2.38. The molecule has 1 aromatic rings. The smallest absolute Gasteiger partial charge is 0.220 e. The van der Waals surface area contributed by atoms with Crippen molar-refractivity contribution in [2.24, 2.45) is 12.8 Å². The normalized spacial score (nSPS) is 24.5. The highest BCUT2D eigenvalue weighted by molar-refractivity contribution is 5.75. The number of aliphatic hydroxyl groups is 1. The largest absolute Gasteiger partial charge is 0.388 e. The first-order chi connectivity index (χ1) is 8.98. The zero-order valence-electron chi connectivity index (χ0n) is 11.4. The molecule has 1 fully saturated rings. The topological polar surface area (TPSA) is 84.4 Å². The number of piperidine rings is 1. The maximum atomic E-state index is 11.0. The second kappa shape index (κ2) is 5.71. The van der Waals surface area contributed by atoms with Gasteiger partial charge in [-0.15, -0.1) is 0 Å². The first kappa shape index (κ1) is 14.0. The van der Waals surface area contributed by atoms with Crippen LogP contribution in [0.15, 0.2) is 12.5 Å². The van der Waals surface area contributed by atoms with Gasteiger partial charge in [-0.1, -0.05) is 0 Å². The summed E-state index contributed by atoms with van der Waals surface area (Å²) in [5.41, 5.74) is 5.42. The van der Waals surface area contributed by atoms with Crippen LogP contribution in [0.3, 0.4) is 0 Å². The molecule has 0 aliphatic carbocycles. The van der Waals surface area contributed by atoms with Gasteiger partial charge >= 0.3 is 0 Å². The molecule has 1 aromatic heterocycles. The number of β-amino-alcohol motifs (C(OH)–C–C–N with tert-alkyl or cyclic N) is 1. The molecule has 0 bridgehead atoms. The number of carbonyl (C=O) groups is 1. The third-order valence-electron chi connectivity index (χ3n) is 3.74. The summed E-state index contributed by atoms with van der Waals surface area (Å²) in [6.07, 6.45) is 6.14. The maximum Gasteiger partial charge on any atom is 0.220 e. The highest BCUT2D eigenvalue weighted by atomic mass is 16.3. The van der Waals surface area contributed by atoms with E-state index < -0.39 is 11.5 Å². The summed E-state index contributed by atoms with van der Waals surface area (Å²) in [5, 5.41) is 10.4. The van der Waals surface area contributed by atoms with Crippen LogP contribution >= 0.6 is 0 Å². The molecule has 1 saturated heterocycles. The third kappa shape index (κ3) is 3.78. The lowest BCUT2D eigenvalue weighted by molar-refractivity contribution is -0.125. The van der Waals surface area contributed by atoms with Gasteiger partial charge in [0.05, 0.1) is 18.3 Å². The number of imidazole rings is 1. The van der Waals surface area contributed by atoms with Gasteiger partial charge in [0.1, 0.15) is 0 Å². The predicted octanol–water partition coefficient (Wildman–Crippen LogP) is -0.335. The fourth-order valence-corrected chi connectivity index (χ4v) is 2.76. The molecule has 1 aliphatic rings. The number of rotatable bonds is 5. The average Bonchev–Trinajstić information content (AvgIpc) is 2.70. The van der Waals surface area contributed by atoms with Crippen molar-refractivity contribution >= 4 is 5.91 Å². The fourth-order valence-electron chi connectivity index (χ4n) is 2.76. The monoisotopic (exact) mass is 266 g/mol. The van der Waals surface area contributed by atoms with Gasteiger partial charge in [-0.3, -0.25) is 4.79 Å². The Balaban J connectivity index is 1.87. The highest BCUT2D eigenvalue weighted by Crippen LogP contribution is 2.24. The summed E-state index contributed by atoms with van der Waals surface area (Å²) in [6.45, 7) is 2.34. The van der Waals surface area contributed by atoms with Gasteiger partial charge in [-0.2, -0.15) is 0 Å². The first-order valence-electron chi connectivity index (χ1n) is 6.67. The molecule has 2 rings (SSSR count). The van der Waals surface area contributed by atoms with Gasteiger partial charge < -0.3 is 20.3 Å². The van der Waals surface area contributed by atoms with Gasteiger partial charge in [0, 0.05) is 38.4 Å². The quantitative estimate of drug-likeness (QED) is 0.764. The minimum Gasteiger partial charge on any atom is -0.388 e. The van der Waals surface area contributed by atoms with Crippen LogP contribution < -0.4 is 5.73 Å². The van der Waals surface area contributed by atoms with Crippen molar-refractivity contribution in [1.82, 2.24) is 14.5 Å². The maximum absolute atomic E-state index is 11.0. The molecule has 106 valence electrons. The van der Waals surface area contributed by atoms with Crippen LogP contribution in [-0.2, 0) is 18.3 Å². The van der Waals surface area contributed by atoms with Crippen LogP contribution in [0.5, 0.6) is 0 Å². The van der Waals surface area contributed by atoms with Crippen LogP contribution in [-0.4, -0.2) is 50.7 Å². The van der Waals surface area contributed by atoms with Gasteiger partial charge in [0.25, 0.3) is 0 Å². The van der Waals surface area contributed by atoms with E-state index in [4.69, 9.17) is 5.73 Å². The third-order valence-corrected chi connectivity index (χ3v) is 3.74. The van der Waals surface area contributed by atoms with E-state index in [-0.39, 0.29) is 6.42 Å². The molecule has 1 atom stereocenters. The van der Waals surface area contributed by atoms with Crippen LogP contribution in [0.1, 0.15) is 25.0 Å². The van der Waals surface area contributed by atoms with Crippen molar-refractivity contribution in [3.05, 3.63) is 18.2 Å². The zero-order valence-corrected chi connectivity index (χ0v) is 11.4. The number of carbonyl (C=O) groups excluding carboxylic acids is 1. The Morgan fingerprint density at radius 2 is 2.42 bits per heavy atom. The Hall–Kier alpha value is -1.40. The number of aryl methyl sites for hydroxylation is 1. The van der Waals surface area contributed by atoms with Gasteiger partial charge in [0.15, 0.2) is 0 Å². The molecule has 6 nitrogen and oxygen atoms in total. The summed E-state index contributed by atoms with van der Waals surface area (Å²) in [7, 11) is 1.97. The predicted molar refractivity (Wildman–Crippen MR) is 71.3 cm³/mol. The highest BCUT2D eigenvalue weighted by Gasteiger charge is 2.34. The number of nitrogens with two attached hydrogens (primary N) is 1. The Labute approximate surface area is 113 Å². The summed E-state index contributed by atoms with van der Waals surface area (Å²) in [5.74, 6) is -0.434. The molecular weight excluding hydrogens is 244 g/mol. The van der Waals surface area contributed by atoms with Crippen molar-refractivity contribution in [3.63, 3.8) is 0 Å². The van der Waals surface area contributed by atoms with Crippen LogP contribution in [0.2, 0.25) is 0 Å². The average molecular weight is 266 g/mol. The number of hydrogen-bond donors (Lipinski definition) is 2. The molecule has 0 spiro atoms. The Morgan fingerprint density at radius 1 is 1.63 bits per heavy atom. The first-order valence-corrected chi connectivity index (χ1v) is 6.67. The van der Waals surface area contributed by atoms with E-state index in [1.165, 1.54) is 5.69 Å². The van der Waals surface area contributed by atoms with E-state index in [2.05, 4.69) is 9.88 Å². The molecule has 3 N–H and O–H groups in total. The molecule has 0 radical (unpaired) electrons. The fraction of sp³-hybridized carbons (Fsp3) is 0.692. The van der Waals surface area contributed by atoms with Crippen LogP contribution in [0.25, 0.3) is 0 Å². The molecule has 6 heteroatoms. The van der Waals surface area contributed by atoms with Crippen LogP contribution in [0, 0.1) is 0 Å². The van der Waals surface area contributed by atoms with Crippen molar-refractivity contribution in [2.45, 2.75) is 31.3 Å². The summed E-state index contributed by atoms with van der Waals surface area (Å²) in [6, 6.07) is 0. The summed E-state index contributed by atoms with van der Waals surface area (Å²) in [4.78, 5) is 17.3. The molecule has 1 aliphatic heterocycles. The molecule has 2 heterocycles. The van der Waals surface area contributed by atoms with Gasteiger partial charge in [-0.25, -0.2) is 4.98 Å². The second-order valence-electron chi connectivity index (χ2n) is 5.49. The summed E-state index contributed by atoms with van der Waals surface area (Å²) >= 11 is 0. The Kier molecular flexibility index (Phi) is 4.21. The number of aromatic nitrogens is 2. The number of likely N-dealkylation sites (tertiary alicyclic amines) is 1. The van der Waals surface area contributed by atoms with E-state index in [0.29, 0.717) is 13.0 Å². The second-order valence-corrected chi connectivity index (χ2v) is 5.49. The molecule has 1 unspecified atom stereocenters. The molecule has 0 aromatic carbocycles. The van der Waals surface area contributed by atoms with Crippen molar-refractivity contribution in [3.8, 4) is 0 Å². The SMILES string of the molecule is Cn1cncc1CCN1CCCC(O)(CC(N)=O)C1. The zero-order chi connectivity index (χ0) is 13.9. The molecule has 19 heavy (non-hydrogen) atoms. The van der Waals surface area contributed by atoms with E-state index in [1.54, 1.807) is 6.33 Å². The van der Waals surface area contributed by atoms with E-state index >= 15 is 0 Å². The van der Waals surface area contributed by atoms with Gasteiger partial charge in [0.2, 0.25) is 5.91 Å². The van der Waals surface area contributed by atoms with E-state index in [1.807, 2.05) is 17.8 Å². The number of primary amides is 1. The molecule has 0 saturated carbocycles.